The molecule has 1 fully saturated rings. The van der Waals surface area contributed by atoms with E-state index in [1.54, 1.807) is 0 Å². The molecule has 0 atom stereocenters. The third kappa shape index (κ3) is 3.33. The first-order valence-corrected chi connectivity index (χ1v) is 6.92. The van der Waals surface area contributed by atoms with E-state index in [0.717, 1.165) is 32.4 Å². The molecule has 0 bridgehead atoms. The van der Waals surface area contributed by atoms with Gasteiger partial charge < -0.3 is 10.4 Å². The Morgan fingerprint density at radius 3 is 2.17 bits per heavy atom. The van der Waals surface area contributed by atoms with Crippen LogP contribution in [0.2, 0.25) is 0 Å². The molecule has 2 nitrogen and oxygen atoms in total. The second-order valence-electron chi connectivity index (χ2n) is 6.60. The fraction of sp³-hybridized carbons (Fsp3) is 0.625. The lowest BCUT2D eigenvalue weighted by atomic mass is 9.83. The molecule has 1 aliphatic heterocycles. The summed E-state index contributed by atoms with van der Waals surface area (Å²) in [4.78, 5) is 0. The van der Waals surface area contributed by atoms with Gasteiger partial charge in [-0.15, -0.1) is 0 Å². The van der Waals surface area contributed by atoms with Crippen LogP contribution in [0, 0.1) is 0 Å². The highest BCUT2D eigenvalue weighted by Gasteiger charge is 2.29. The van der Waals surface area contributed by atoms with Crippen molar-refractivity contribution in [2.75, 3.05) is 13.1 Å². The minimum atomic E-state index is -0.505. The highest BCUT2D eigenvalue weighted by Crippen LogP contribution is 2.26. The topological polar surface area (TPSA) is 32.3 Å². The number of hydrogen-bond acceptors (Lipinski definition) is 2. The predicted octanol–water partition coefficient (Wildman–Crippen LogP) is 2.64. The fourth-order valence-electron chi connectivity index (χ4n) is 2.57. The van der Waals surface area contributed by atoms with Gasteiger partial charge in [-0.05, 0) is 42.5 Å². The summed E-state index contributed by atoms with van der Waals surface area (Å²) in [5.74, 6) is 0. The number of rotatable bonds is 2. The highest BCUT2D eigenvalue weighted by molar-refractivity contribution is 5.28. The highest BCUT2D eigenvalue weighted by atomic mass is 16.3. The van der Waals surface area contributed by atoms with Crippen LogP contribution in [-0.2, 0) is 11.8 Å². The molecule has 1 heterocycles. The second-order valence-corrected chi connectivity index (χ2v) is 6.60. The van der Waals surface area contributed by atoms with Gasteiger partial charge in [-0.1, -0.05) is 45.0 Å². The molecule has 0 radical (unpaired) electrons. The van der Waals surface area contributed by atoms with Crippen LogP contribution < -0.4 is 5.32 Å². The van der Waals surface area contributed by atoms with Gasteiger partial charge in [0.05, 0.1) is 5.60 Å². The number of piperidine rings is 1. The summed E-state index contributed by atoms with van der Waals surface area (Å²) in [5, 5.41) is 13.8. The standard InChI is InChI=1S/C16H25NO/c1-15(2,3)14-6-4-13(5-7-14)12-16(18)8-10-17-11-9-16/h4-7,17-18H,8-12H2,1-3H3. The zero-order valence-corrected chi connectivity index (χ0v) is 11.8. The molecule has 1 aromatic rings. The Labute approximate surface area is 110 Å². The smallest absolute Gasteiger partial charge is 0.0712 e. The van der Waals surface area contributed by atoms with Crippen molar-refractivity contribution in [2.45, 2.75) is 51.0 Å². The third-order valence-electron chi connectivity index (χ3n) is 3.89. The zero-order chi connectivity index (χ0) is 13.2. The third-order valence-corrected chi connectivity index (χ3v) is 3.89. The Kier molecular flexibility index (Phi) is 3.79. The van der Waals surface area contributed by atoms with Gasteiger partial charge in [0.15, 0.2) is 0 Å². The number of aliphatic hydroxyl groups is 1. The maximum atomic E-state index is 10.5. The van der Waals surface area contributed by atoms with E-state index in [9.17, 15) is 5.11 Å². The molecule has 0 unspecified atom stereocenters. The normalized spacial score (nSPS) is 19.8. The second kappa shape index (κ2) is 5.02. The first-order valence-electron chi connectivity index (χ1n) is 6.92. The Hall–Kier alpha value is -0.860. The van der Waals surface area contributed by atoms with Crippen molar-refractivity contribution in [3.63, 3.8) is 0 Å². The summed E-state index contributed by atoms with van der Waals surface area (Å²) in [6, 6.07) is 8.72. The van der Waals surface area contributed by atoms with Crippen molar-refractivity contribution >= 4 is 0 Å². The van der Waals surface area contributed by atoms with E-state index in [1.807, 2.05) is 0 Å². The van der Waals surface area contributed by atoms with Crippen LogP contribution in [0.15, 0.2) is 24.3 Å². The van der Waals surface area contributed by atoms with E-state index in [-0.39, 0.29) is 5.41 Å². The van der Waals surface area contributed by atoms with Crippen LogP contribution in [0.4, 0.5) is 0 Å². The molecular formula is C16H25NO. The van der Waals surface area contributed by atoms with E-state index < -0.39 is 5.60 Å². The van der Waals surface area contributed by atoms with Crippen molar-refractivity contribution in [2.24, 2.45) is 0 Å². The SMILES string of the molecule is CC(C)(C)c1ccc(CC2(O)CCNCC2)cc1. The van der Waals surface area contributed by atoms with E-state index >= 15 is 0 Å². The lowest BCUT2D eigenvalue weighted by Crippen LogP contribution is -2.43. The van der Waals surface area contributed by atoms with E-state index in [0.29, 0.717) is 0 Å². The Morgan fingerprint density at radius 2 is 1.67 bits per heavy atom. The van der Waals surface area contributed by atoms with E-state index in [1.165, 1.54) is 11.1 Å². The van der Waals surface area contributed by atoms with E-state index in [4.69, 9.17) is 0 Å². The van der Waals surface area contributed by atoms with Crippen molar-refractivity contribution in [3.05, 3.63) is 35.4 Å². The van der Waals surface area contributed by atoms with Crippen LogP contribution >= 0.6 is 0 Å². The van der Waals surface area contributed by atoms with Crippen molar-refractivity contribution in [3.8, 4) is 0 Å². The van der Waals surface area contributed by atoms with Gasteiger partial charge in [0.2, 0.25) is 0 Å². The Bertz CT molecular complexity index is 383. The van der Waals surface area contributed by atoms with Crippen LogP contribution in [0.1, 0.15) is 44.7 Å². The minimum Gasteiger partial charge on any atom is -0.389 e. The number of hydrogen-bond donors (Lipinski definition) is 2. The summed E-state index contributed by atoms with van der Waals surface area (Å²) >= 11 is 0. The molecular weight excluding hydrogens is 222 g/mol. The molecule has 2 N–H and O–H groups in total. The molecule has 0 aliphatic carbocycles. The molecule has 1 saturated heterocycles. The van der Waals surface area contributed by atoms with Gasteiger partial charge in [-0.2, -0.15) is 0 Å². The maximum Gasteiger partial charge on any atom is 0.0712 e. The summed E-state index contributed by atoms with van der Waals surface area (Å²) in [7, 11) is 0. The van der Waals surface area contributed by atoms with Gasteiger partial charge in [0, 0.05) is 6.42 Å². The molecule has 1 aromatic carbocycles. The average Bonchev–Trinajstić information content (AvgIpc) is 2.29. The molecule has 0 amide bonds. The Balaban J connectivity index is 2.06. The van der Waals surface area contributed by atoms with E-state index in [2.05, 4.69) is 50.4 Å². The molecule has 0 aromatic heterocycles. The van der Waals surface area contributed by atoms with Gasteiger partial charge in [0.1, 0.15) is 0 Å². The van der Waals surface area contributed by atoms with Crippen LogP contribution in [0.25, 0.3) is 0 Å². The van der Waals surface area contributed by atoms with Crippen LogP contribution in [-0.4, -0.2) is 23.8 Å². The molecule has 1 aliphatic rings. The summed E-state index contributed by atoms with van der Waals surface area (Å²) in [6.45, 7) is 8.53. The molecule has 18 heavy (non-hydrogen) atoms. The van der Waals surface area contributed by atoms with Gasteiger partial charge >= 0.3 is 0 Å². The largest absolute Gasteiger partial charge is 0.389 e. The summed E-state index contributed by atoms with van der Waals surface area (Å²) in [5.41, 5.74) is 2.29. The van der Waals surface area contributed by atoms with Crippen molar-refractivity contribution < 1.29 is 5.11 Å². The monoisotopic (exact) mass is 247 g/mol. The number of nitrogens with one attached hydrogen (secondary N) is 1. The number of benzene rings is 1. The average molecular weight is 247 g/mol. The molecule has 2 heteroatoms. The molecule has 0 saturated carbocycles. The van der Waals surface area contributed by atoms with Crippen LogP contribution in [0.5, 0.6) is 0 Å². The van der Waals surface area contributed by atoms with Crippen molar-refractivity contribution in [1.82, 2.24) is 5.32 Å². The van der Waals surface area contributed by atoms with Crippen molar-refractivity contribution in [1.29, 1.82) is 0 Å². The lowest BCUT2D eigenvalue weighted by molar-refractivity contribution is 0.0109. The Morgan fingerprint density at radius 1 is 1.11 bits per heavy atom. The summed E-state index contributed by atoms with van der Waals surface area (Å²) < 4.78 is 0. The fourth-order valence-corrected chi connectivity index (χ4v) is 2.57. The first-order chi connectivity index (χ1) is 8.39. The van der Waals surface area contributed by atoms with Gasteiger partial charge in [0.25, 0.3) is 0 Å². The molecule has 100 valence electrons. The first kappa shape index (κ1) is 13.6. The van der Waals surface area contributed by atoms with Crippen LogP contribution in [0.3, 0.4) is 0 Å². The predicted molar refractivity (Wildman–Crippen MR) is 75.9 cm³/mol. The quantitative estimate of drug-likeness (QED) is 0.842. The maximum absolute atomic E-state index is 10.5. The summed E-state index contributed by atoms with van der Waals surface area (Å²) in [6.07, 6.45) is 2.49. The van der Waals surface area contributed by atoms with Gasteiger partial charge in [-0.25, -0.2) is 0 Å². The molecule has 0 spiro atoms. The lowest BCUT2D eigenvalue weighted by Gasteiger charge is -2.32. The zero-order valence-electron chi connectivity index (χ0n) is 11.8. The van der Waals surface area contributed by atoms with Gasteiger partial charge in [-0.3, -0.25) is 0 Å². The minimum absolute atomic E-state index is 0.199. The molecule has 2 rings (SSSR count).